The van der Waals surface area contributed by atoms with Crippen molar-refractivity contribution >= 4 is 41.1 Å². The summed E-state index contributed by atoms with van der Waals surface area (Å²) in [5, 5.41) is 6.15. The van der Waals surface area contributed by atoms with Gasteiger partial charge in [0.05, 0.1) is 0 Å². The van der Waals surface area contributed by atoms with Gasteiger partial charge >= 0.3 is 5.97 Å². The maximum atomic E-state index is 12.6. The standard InChI is InChI=1S/C20H27ClN2O4S/c1-13(18(24)22-16-5-3-4-6-16)27-20(26)17(11-12-28-2)23-19(25)14-7-9-15(21)10-8-14/h7-10,13,16-17H,3-6,11-12H2,1-2H3,(H,22,24)(H,23,25)/t13-,17-/m0/s1. The number of nitrogens with one attached hydrogen (secondary N) is 2. The van der Waals surface area contributed by atoms with Gasteiger partial charge in [-0.1, -0.05) is 24.4 Å². The first-order valence-electron chi connectivity index (χ1n) is 9.47. The first-order chi connectivity index (χ1) is 13.4. The molecule has 0 bridgehead atoms. The predicted octanol–water partition coefficient (Wildman–Crippen LogP) is 3.18. The number of hydrogen-bond donors (Lipinski definition) is 2. The Morgan fingerprint density at radius 1 is 1.21 bits per heavy atom. The highest BCUT2D eigenvalue weighted by molar-refractivity contribution is 7.98. The molecule has 0 unspecified atom stereocenters. The van der Waals surface area contributed by atoms with E-state index in [9.17, 15) is 14.4 Å². The molecule has 1 saturated carbocycles. The fourth-order valence-corrected chi connectivity index (χ4v) is 3.62. The van der Waals surface area contributed by atoms with E-state index < -0.39 is 18.1 Å². The highest BCUT2D eigenvalue weighted by Gasteiger charge is 2.28. The summed E-state index contributed by atoms with van der Waals surface area (Å²) in [6.07, 6.45) is 5.55. The van der Waals surface area contributed by atoms with Crippen LogP contribution in [-0.2, 0) is 14.3 Å². The fraction of sp³-hybridized carbons (Fsp3) is 0.550. The first kappa shape index (κ1) is 22.6. The molecule has 1 aromatic carbocycles. The van der Waals surface area contributed by atoms with Gasteiger partial charge in [-0.3, -0.25) is 9.59 Å². The minimum Gasteiger partial charge on any atom is -0.451 e. The smallest absolute Gasteiger partial charge is 0.329 e. The maximum Gasteiger partial charge on any atom is 0.329 e. The number of carbonyl (C=O) groups excluding carboxylic acids is 3. The van der Waals surface area contributed by atoms with E-state index in [1.165, 1.54) is 0 Å². The molecule has 2 amide bonds. The molecule has 0 radical (unpaired) electrons. The monoisotopic (exact) mass is 426 g/mol. The number of halogens is 1. The molecule has 154 valence electrons. The van der Waals surface area contributed by atoms with Crippen LogP contribution in [-0.4, -0.2) is 48.0 Å². The second kappa shape index (κ2) is 11.3. The third-order valence-corrected chi connectivity index (χ3v) is 5.57. The molecule has 0 saturated heterocycles. The van der Waals surface area contributed by atoms with Crippen molar-refractivity contribution in [1.29, 1.82) is 0 Å². The minimum atomic E-state index is -0.905. The zero-order valence-electron chi connectivity index (χ0n) is 16.2. The van der Waals surface area contributed by atoms with E-state index in [0.29, 0.717) is 22.8 Å². The van der Waals surface area contributed by atoms with Crippen molar-refractivity contribution in [2.24, 2.45) is 0 Å². The third-order valence-electron chi connectivity index (χ3n) is 4.67. The Balaban J connectivity index is 1.94. The molecule has 0 aromatic heterocycles. The van der Waals surface area contributed by atoms with Gasteiger partial charge in [0.2, 0.25) is 0 Å². The van der Waals surface area contributed by atoms with Crippen LogP contribution in [0.25, 0.3) is 0 Å². The number of esters is 1. The quantitative estimate of drug-likeness (QED) is 0.592. The minimum absolute atomic E-state index is 0.158. The molecule has 2 N–H and O–H groups in total. The normalized spacial score (nSPS) is 16.2. The molecule has 8 heteroatoms. The molecule has 0 aliphatic heterocycles. The Morgan fingerprint density at radius 3 is 2.46 bits per heavy atom. The molecule has 1 aliphatic carbocycles. The number of benzene rings is 1. The summed E-state index contributed by atoms with van der Waals surface area (Å²) in [4.78, 5) is 37.3. The molecule has 28 heavy (non-hydrogen) atoms. The van der Waals surface area contributed by atoms with Gasteiger partial charge in [0.1, 0.15) is 6.04 Å². The fourth-order valence-electron chi connectivity index (χ4n) is 3.03. The zero-order valence-corrected chi connectivity index (χ0v) is 17.8. The van der Waals surface area contributed by atoms with Crippen LogP contribution < -0.4 is 10.6 Å². The topological polar surface area (TPSA) is 84.5 Å². The van der Waals surface area contributed by atoms with Gasteiger partial charge in [-0.25, -0.2) is 4.79 Å². The molecule has 0 heterocycles. The maximum absolute atomic E-state index is 12.6. The number of ether oxygens (including phenoxy) is 1. The number of thioether (sulfide) groups is 1. The van der Waals surface area contributed by atoms with Crippen molar-refractivity contribution < 1.29 is 19.1 Å². The summed E-state index contributed by atoms with van der Waals surface area (Å²) < 4.78 is 5.34. The lowest BCUT2D eigenvalue weighted by molar-refractivity contribution is -0.156. The third kappa shape index (κ3) is 7.02. The Bertz CT molecular complexity index is 677. The summed E-state index contributed by atoms with van der Waals surface area (Å²) in [6, 6.07) is 5.74. The van der Waals surface area contributed by atoms with Crippen LogP contribution >= 0.6 is 23.4 Å². The predicted molar refractivity (Wildman–Crippen MR) is 112 cm³/mol. The highest BCUT2D eigenvalue weighted by Crippen LogP contribution is 2.18. The molecule has 1 fully saturated rings. The molecule has 6 nitrogen and oxygen atoms in total. The van der Waals surface area contributed by atoms with E-state index in [4.69, 9.17) is 16.3 Å². The van der Waals surface area contributed by atoms with Crippen LogP contribution in [0.2, 0.25) is 5.02 Å². The molecule has 2 rings (SSSR count). The first-order valence-corrected chi connectivity index (χ1v) is 11.2. The Hall–Kier alpha value is -1.73. The van der Waals surface area contributed by atoms with Crippen LogP contribution in [0, 0.1) is 0 Å². The Labute approximate surface area is 175 Å². The van der Waals surface area contributed by atoms with Gasteiger partial charge in [-0.15, -0.1) is 0 Å². The molecule has 0 spiro atoms. The SMILES string of the molecule is CSCC[C@H](NC(=O)c1ccc(Cl)cc1)C(=O)O[C@@H](C)C(=O)NC1CCCC1. The summed E-state index contributed by atoms with van der Waals surface area (Å²) in [6.45, 7) is 1.55. The van der Waals surface area contributed by atoms with E-state index in [2.05, 4.69) is 10.6 Å². The second-order valence-corrected chi connectivity index (χ2v) is 8.31. The lowest BCUT2D eigenvalue weighted by Crippen LogP contribution is -2.46. The molecule has 2 atom stereocenters. The average molecular weight is 427 g/mol. The van der Waals surface area contributed by atoms with E-state index >= 15 is 0 Å². The molecule has 1 aromatic rings. The van der Waals surface area contributed by atoms with E-state index in [1.807, 2.05) is 6.26 Å². The van der Waals surface area contributed by atoms with Crippen LogP contribution in [0.4, 0.5) is 0 Å². The molecular weight excluding hydrogens is 400 g/mol. The van der Waals surface area contributed by atoms with Crippen LogP contribution in [0.3, 0.4) is 0 Å². The largest absolute Gasteiger partial charge is 0.451 e. The number of hydrogen-bond acceptors (Lipinski definition) is 5. The van der Waals surface area contributed by atoms with Gasteiger partial charge in [0.15, 0.2) is 6.10 Å². The highest BCUT2D eigenvalue weighted by atomic mass is 35.5. The Kier molecular flexibility index (Phi) is 9.12. The van der Waals surface area contributed by atoms with Crippen LogP contribution in [0.15, 0.2) is 24.3 Å². The summed E-state index contributed by atoms with van der Waals surface area (Å²) in [7, 11) is 0. The van der Waals surface area contributed by atoms with Crippen LogP contribution in [0.5, 0.6) is 0 Å². The number of carbonyl (C=O) groups is 3. The van der Waals surface area contributed by atoms with Gasteiger partial charge in [-0.2, -0.15) is 11.8 Å². The van der Waals surface area contributed by atoms with Crippen molar-refractivity contribution in [2.45, 2.75) is 57.2 Å². The lowest BCUT2D eigenvalue weighted by Gasteiger charge is -2.21. The zero-order chi connectivity index (χ0) is 20.5. The van der Waals surface area contributed by atoms with Crippen molar-refractivity contribution in [3.63, 3.8) is 0 Å². The van der Waals surface area contributed by atoms with E-state index in [1.54, 1.807) is 43.0 Å². The van der Waals surface area contributed by atoms with Gasteiger partial charge < -0.3 is 15.4 Å². The van der Waals surface area contributed by atoms with Gasteiger partial charge in [0, 0.05) is 16.6 Å². The average Bonchev–Trinajstić information content (AvgIpc) is 3.18. The molecular formula is C20H27ClN2O4S. The molecule has 1 aliphatic rings. The van der Waals surface area contributed by atoms with Crippen LogP contribution in [0.1, 0.15) is 49.4 Å². The van der Waals surface area contributed by atoms with Crippen molar-refractivity contribution in [2.75, 3.05) is 12.0 Å². The lowest BCUT2D eigenvalue weighted by atomic mass is 10.1. The van der Waals surface area contributed by atoms with Crippen molar-refractivity contribution in [1.82, 2.24) is 10.6 Å². The van der Waals surface area contributed by atoms with Crippen molar-refractivity contribution in [3.8, 4) is 0 Å². The second-order valence-electron chi connectivity index (χ2n) is 6.88. The summed E-state index contributed by atoms with van der Waals surface area (Å²) >= 11 is 7.41. The summed E-state index contributed by atoms with van der Waals surface area (Å²) in [5.74, 6) is -0.621. The van der Waals surface area contributed by atoms with Crippen molar-refractivity contribution in [3.05, 3.63) is 34.9 Å². The Morgan fingerprint density at radius 2 is 1.86 bits per heavy atom. The number of rotatable bonds is 9. The van der Waals surface area contributed by atoms with E-state index in [-0.39, 0.29) is 17.9 Å². The van der Waals surface area contributed by atoms with Gasteiger partial charge in [0.25, 0.3) is 11.8 Å². The van der Waals surface area contributed by atoms with E-state index in [0.717, 1.165) is 25.7 Å². The number of amides is 2. The van der Waals surface area contributed by atoms with Gasteiger partial charge in [-0.05, 0) is 62.5 Å². The summed E-state index contributed by atoms with van der Waals surface area (Å²) in [5.41, 5.74) is 0.401.